The number of halogens is 5. The van der Waals surface area contributed by atoms with E-state index < -0.39 is 52.0 Å². The lowest BCUT2D eigenvalue weighted by molar-refractivity contribution is -0.137. The Morgan fingerprint density at radius 2 is 2.00 bits per heavy atom. The topological polar surface area (TPSA) is 111 Å². The summed E-state index contributed by atoms with van der Waals surface area (Å²) in [5.41, 5.74) is 1.30. The minimum atomic E-state index is -5.03. The highest BCUT2D eigenvalue weighted by Crippen LogP contribution is 2.46. The maximum atomic E-state index is 16.5. The molecule has 0 radical (unpaired) electrons. The summed E-state index contributed by atoms with van der Waals surface area (Å²) < 4.78 is 91.7. The largest absolute Gasteiger partial charge is 0.472 e. The summed E-state index contributed by atoms with van der Waals surface area (Å²) in [7, 11) is 0. The minimum absolute atomic E-state index is 0.113. The number of fused-ring (bicyclic) bond motifs is 4. The van der Waals surface area contributed by atoms with Crippen molar-refractivity contribution in [1.29, 1.82) is 0 Å². The average molecular weight is 622 g/mol. The van der Waals surface area contributed by atoms with Crippen LogP contribution in [-0.2, 0) is 10.9 Å². The van der Waals surface area contributed by atoms with Crippen LogP contribution in [0.5, 0.6) is 11.9 Å². The number of piperazine rings is 1. The molecule has 4 aliphatic rings. The highest BCUT2D eigenvalue weighted by Gasteiger charge is 2.41. The van der Waals surface area contributed by atoms with Crippen molar-refractivity contribution in [2.45, 2.75) is 57.2 Å². The second kappa shape index (κ2) is 10.8. The van der Waals surface area contributed by atoms with E-state index >= 15 is 4.39 Å². The predicted octanol–water partition coefficient (Wildman–Crippen LogP) is 3.68. The van der Waals surface area contributed by atoms with Gasteiger partial charge in [0.15, 0.2) is 5.82 Å². The molecule has 6 heterocycles. The third-order valence-corrected chi connectivity index (χ3v) is 9.01. The monoisotopic (exact) mass is 621 g/mol. The van der Waals surface area contributed by atoms with Gasteiger partial charge in [-0.15, -0.1) is 0 Å². The Labute approximate surface area is 249 Å². The molecule has 0 aliphatic carbocycles. The smallest absolute Gasteiger partial charge is 0.417 e. The van der Waals surface area contributed by atoms with Crippen LogP contribution in [0.4, 0.5) is 33.5 Å². The van der Waals surface area contributed by atoms with Gasteiger partial charge in [0.2, 0.25) is 5.88 Å². The molecule has 4 atom stereocenters. The number of alkyl halides is 3. The Hall–Kier alpha value is -3.56. The molecule has 3 N–H and O–H groups in total. The lowest BCUT2D eigenvalue weighted by Gasteiger charge is -2.38. The first-order valence-corrected chi connectivity index (χ1v) is 14.7. The van der Waals surface area contributed by atoms with Crippen molar-refractivity contribution >= 4 is 22.4 Å². The van der Waals surface area contributed by atoms with Gasteiger partial charge in [-0.3, -0.25) is 4.90 Å². The molecular formula is C29H32F5N7O3. The van der Waals surface area contributed by atoms with Crippen LogP contribution >= 0.6 is 0 Å². The number of nitrogens with one attached hydrogen (secondary N) is 1. The molecule has 3 fully saturated rings. The third-order valence-electron chi connectivity index (χ3n) is 9.01. The zero-order valence-corrected chi connectivity index (χ0v) is 24.2. The van der Waals surface area contributed by atoms with E-state index in [9.17, 15) is 17.6 Å². The highest BCUT2D eigenvalue weighted by molar-refractivity contribution is 5.97. The van der Waals surface area contributed by atoms with Crippen molar-refractivity contribution in [1.82, 2.24) is 25.2 Å². The van der Waals surface area contributed by atoms with Crippen molar-refractivity contribution < 1.29 is 36.2 Å². The number of aromatic nitrogens is 3. The number of benzene rings is 1. The van der Waals surface area contributed by atoms with E-state index in [0.29, 0.717) is 37.9 Å². The number of likely N-dealkylation sites (tertiary alicyclic amines) is 1. The van der Waals surface area contributed by atoms with E-state index in [-0.39, 0.29) is 41.5 Å². The van der Waals surface area contributed by atoms with E-state index in [2.05, 4.69) is 25.2 Å². The number of nitrogen functional groups attached to an aromatic ring is 1. The number of hydrogen-bond donors (Lipinski definition) is 2. The molecule has 0 amide bonds. The van der Waals surface area contributed by atoms with Crippen LogP contribution in [-0.4, -0.2) is 90.1 Å². The standard InChI is InChI=1S/C29H32F5N7O3/c1-13-21(29(32,33)34)17(9-18(35)22(13)30)24-23(31)25-20-26(41-6-4-36-10-19(41)14(2)44-27(20)37-24)39-28(38-25)42-7-3-5-40-11-16-8-15(40)12-43-16/h9,14-16,19,36H,3-8,10-12,35H2,1-2H3/t14-,15+,16+,19-/m0/s1. The van der Waals surface area contributed by atoms with Crippen molar-refractivity contribution in [2.24, 2.45) is 0 Å². The fourth-order valence-electron chi connectivity index (χ4n) is 6.86. The minimum Gasteiger partial charge on any atom is -0.472 e. The number of nitrogens with two attached hydrogens (primary N) is 1. The van der Waals surface area contributed by atoms with Gasteiger partial charge < -0.3 is 30.2 Å². The van der Waals surface area contributed by atoms with E-state index in [4.69, 9.17) is 19.9 Å². The molecule has 7 rings (SSSR count). The molecular weight excluding hydrogens is 589 g/mol. The van der Waals surface area contributed by atoms with E-state index in [1.807, 2.05) is 4.90 Å². The Morgan fingerprint density at radius 3 is 2.73 bits per heavy atom. The van der Waals surface area contributed by atoms with Crippen molar-refractivity contribution in [3.63, 3.8) is 0 Å². The number of anilines is 2. The average Bonchev–Trinajstić information content (AvgIpc) is 3.59. The predicted molar refractivity (Wildman–Crippen MR) is 151 cm³/mol. The van der Waals surface area contributed by atoms with Crippen LogP contribution in [0.1, 0.15) is 30.9 Å². The molecule has 3 aromatic rings. The van der Waals surface area contributed by atoms with Crippen LogP contribution < -0.4 is 25.4 Å². The fraction of sp³-hybridized carbons (Fsp3) is 0.552. The number of hydrogen-bond acceptors (Lipinski definition) is 10. The van der Waals surface area contributed by atoms with Gasteiger partial charge in [0.1, 0.15) is 34.3 Å². The summed E-state index contributed by atoms with van der Waals surface area (Å²) in [6.07, 6.45) is -3.57. The quantitative estimate of drug-likeness (QED) is 0.240. The Morgan fingerprint density at radius 1 is 1.18 bits per heavy atom. The Bertz CT molecular complexity index is 1620. The highest BCUT2D eigenvalue weighted by atomic mass is 19.4. The van der Waals surface area contributed by atoms with Gasteiger partial charge >= 0.3 is 12.2 Å². The van der Waals surface area contributed by atoms with Gasteiger partial charge in [-0.1, -0.05) is 0 Å². The Balaban J connectivity index is 1.33. The van der Waals surface area contributed by atoms with Crippen molar-refractivity contribution in [3.8, 4) is 23.1 Å². The van der Waals surface area contributed by atoms with Crippen LogP contribution in [0.15, 0.2) is 6.07 Å². The number of morpholine rings is 1. The van der Waals surface area contributed by atoms with Gasteiger partial charge in [0.05, 0.1) is 36.6 Å². The summed E-state index contributed by atoms with van der Waals surface area (Å²) >= 11 is 0. The van der Waals surface area contributed by atoms with E-state index in [1.54, 1.807) is 6.92 Å². The van der Waals surface area contributed by atoms with Gasteiger partial charge in [-0.2, -0.15) is 23.1 Å². The lowest BCUT2D eigenvalue weighted by atomic mass is 9.96. The van der Waals surface area contributed by atoms with Crippen LogP contribution in [0.3, 0.4) is 0 Å². The van der Waals surface area contributed by atoms with E-state index in [0.717, 1.165) is 39.1 Å². The lowest BCUT2D eigenvalue weighted by Crippen LogP contribution is -2.56. The number of rotatable bonds is 6. The van der Waals surface area contributed by atoms with Gasteiger partial charge in [-0.05, 0) is 38.3 Å². The third kappa shape index (κ3) is 4.85. The van der Waals surface area contributed by atoms with Crippen LogP contribution in [0, 0.1) is 18.6 Å². The molecule has 2 aromatic heterocycles. The van der Waals surface area contributed by atoms with Crippen molar-refractivity contribution in [2.75, 3.05) is 56.6 Å². The van der Waals surface area contributed by atoms with Crippen LogP contribution in [0.25, 0.3) is 22.2 Å². The molecule has 15 heteroatoms. The zero-order valence-electron chi connectivity index (χ0n) is 24.2. The van der Waals surface area contributed by atoms with Gasteiger partial charge in [-0.25, -0.2) is 13.8 Å². The van der Waals surface area contributed by atoms with E-state index in [1.165, 1.54) is 0 Å². The molecule has 0 saturated carbocycles. The second-order valence-electron chi connectivity index (χ2n) is 11.8. The molecule has 0 spiro atoms. The molecule has 0 unspecified atom stereocenters. The fourth-order valence-corrected chi connectivity index (χ4v) is 6.86. The molecule has 2 bridgehead atoms. The zero-order chi connectivity index (χ0) is 30.9. The SMILES string of the molecule is Cc1c(F)c(N)cc(-c2nc3c4c(nc(OCCCN5C[C@H]6C[C@@H]5CO6)nc4c2F)N2CCNC[C@H]2[C@H](C)O3)c1C(F)(F)F. The number of nitrogens with zero attached hydrogens (tertiary/aromatic N) is 5. The first kappa shape index (κ1) is 29.2. The molecule has 1 aromatic carbocycles. The first-order chi connectivity index (χ1) is 21.0. The molecule has 3 saturated heterocycles. The summed E-state index contributed by atoms with van der Waals surface area (Å²) in [5, 5.41) is 3.44. The van der Waals surface area contributed by atoms with Gasteiger partial charge in [0, 0.05) is 44.3 Å². The summed E-state index contributed by atoms with van der Waals surface area (Å²) in [6.45, 7) is 7.04. The second-order valence-corrected chi connectivity index (χ2v) is 11.8. The summed E-state index contributed by atoms with van der Waals surface area (Å²) in [5.74, 6) is -2.18. The normalized spacial score (nSPS) is 24.8. The summed E-state index contributed by atoms with van der Waals surface area (Å²) in [6, 6.07) is 0.801. The molecule has 44 heavy (non-hydrogen) atoms. The Kier molecular flexibility index (Phi) is 7.16. The molecule has 4 aliphatic heterocycles. The molecule has 236 valence electrons. The van der Waals surface area contributed by atoms with Crippen molar-refractivity contribution in [3.05, 3.63) is 28.8 Å². The maximum absolute atomic E-state index is 16.5. The molecule has 10 nitrogen and oxygen atoms in total. The first-order valence-electron chi connectivity index (χ1n) is 14.7. The maximum Gasteiger partial charge on any atom is 0.417 e. The number of pyridine rings is 1. The number of ether oxygens (including phenoxy) is 3. The summed E-state index contributed by atoms with van der Waals surface area (Å²) in [4.78, 5) is 17.6. The van der Waals surface area contributed by atoms with Gasteiger partial charge in [0.25, 0.3) is 0 Å². The van der Waals surface area contributed by atoms with Crippen LogP contribution in [0.2, 0.25) is 0 Å².